The predicted molar refractivity (Wildman–Crippen MR) is 123 cm³/mol. The number of halogens is 2. The highest BCUT2D eigenvalue weighted by atomic mass is 19.3. The van der Waals surface area contributed by atoms with E-state index in [0.717, 1.165) is 4.57 Å². The lowest BCUT2D eigenvalue weighted by molar-refractivity contribution is -0.149. The summed E-state index contributed by atoms with van der Waals surface area (Å²) in [5, 5.41) is 0. The Bertz CT molecular complexity index is 1340. The van der Waals surface area contributed by atoms with Crippen LogP contribution < -0.4 is 4.90 Å². The standard InChI is InChI=1S/C25H24F2N4O4/c1-15(22-28-17-8-4-6-10-19(17)30(22)24(26)27)35-21(33)12-14-29-23(34)16-7-3-5-9-18(16)31-20(32)11-13-25(29,31)2/h3-10,15,24H,11-14H2,1-2H3. The Morgan fingerprint density at radius 1 is 1.14 bits per heavy atom. The van der Waals surface area contributed by atoms with E-state index in [1.54, 1.807) is 47.4 Å². The number of para-hydroxylation sites is 3. The number of carbonyl (C=O) groups is 3. The Morgan fingerprint density at radius 2 is 1.86 bits per heavy atom. The highest BCUT2D eigenvalue weighted by Gasteiger charge is 2.52. The van der Waals surface area contributed by atoms with Crippen LogP contribution in [0.1, 0.15) is 61.9 Å². The lowest BCUT2D eigenvalue weighted by atomic mass is 9.98. The lowest BCUT2D eigenvalue weighted by Gasteiger charge is -2.48. The minimum absolute atomic E-state index is 0.0181. The summed E-state index contributed by atoms with van der Waals surface area (Å²) in [7, 11) is 0. The highest BCUT2D eigenvalue weighted by Crippen LogP contribution is 2.44. The van der Waals surface area contributed by atoms with Gasteiger partial charge in [0.25, 0.3) is 5.91 Å². The minimum Gasteiger partial charge on any atom is -0.454 e. The molecule has 5 rings (SSSR count). The summed E-state index contributed by atoms with van der Waals surface area (Å²) in [6.45, 7) is 0.462. The molecule has 8 nitrogen and oxygen atoms in total. The molecule has 0 spiro atoms. The van der Waals surface area contributed by atoms with Gasteiger partial charge < -0.3 is 9.64 Å². The van der Waals surface area contributed by atoms with E-state index < -0.39 is 24.3 Å². The van der Waals surface area contributed by atoms with Crippen LogP contribution >= 0.6 is 0 Å². The van der Waals surface area contributed by atoms with Gasteiger partial charge in [-0.1, -0.05) is 24.3 Å². The number of hydrogen-bond donors (Lipinski definition) is 0. The van der Waals surface area contributed by atoms with Gasteiger partial charge in [0.05, 0.1) is 28.7 Å². The smallest absolute Gasteiger partial charge is 0.320 e. The molecular weight excluding hydrogens is 458 g/mol. The number of hydrogen-bond acceptors (Lipinski definition) is 5. The topological polar surface area (TPSA) is 84.7 Å². The monoisotopic (exact) mass is 482 g/mol. The summed E-state index contributed by atoms with van der Waals surface area (Å²) in [4.78, 5) is 46.0. The molecule has 1 fully saturated rings. The molecule has 3 aromatic rings. The van der Waals surface area contributed by atoms with Crippen molar-refractivity contribution >= 4 is 34.5 Å². The third-order valence-electron chi connectivity index (χ3n) is 6.78. The van der Waals surface area contributed by atoms with Crippen molar-refractivity contribution in [2.24, 2.45) is 0 Å². The number of nitrogens with zero attached hydrogens (tertiary/aromatic N) is 4. The van der Waals surface area contributed by atoms with Gasteiger partial charge in [0, 0.05) is 13.0 Å². The number of aromatic nitrogens is 2. The van der Waals surface area contributed by atoms with Gasteiger partial charge in [-0.25, -0.2) is 4.98 Å². The van der Waals surface area contributed by atoms with Gasteiger partial charge in [-0.05, 0) is 44.5 Å². The zero-order chi connectivity index (χ0) is 24.9. The van der Waals surface area contributed by atoms with Crippen molar-refractivity contribution in [3.8, 4) is 0 Å². The zero-order valence-corrected chi connectivity index (χ0v) is 19.3. The van der Waals surface area contributed by atoms with Crippen molar-refractivity contribution in [1.29, 1.82) is 0 Å². The quantitative estimate of drug-likeness (QED) is 0.486. The number of imidazole rings is 1. The number of fused-ring (bicyclic) bond motifs is 4. The molecule has 2 aromatic carbocycles. The van der Waals surface area contributed by atoms with E-state index in [9.17, 15) is 23.2 Å². The van der Waals surface area contributed by atoms with Crippen LogP contribution in [0.25, 0.3) is 11.0 Å². The van der Waals surface area contributed by atoms with Gasteiger partial charge in [0.2, 0.25) is 5.91 Å². The van der Waals surface area contributed by atoms with Crippen molar-refractivity contribution in [1.82, 2.24) is 14.5 Å². The average molecular weight is 482 g/mol. The molecule has 2 amide bonds. The van der Waals surface area contributed by atoms with Crippen LogP contribution in [0.5, 0.6) is 0 Å². The fourth-order valence-corrected chi connectivity index (χ4v) is 5.11. The first-order valence-electron chi connectivity index (χ1n) is 11.4. The Kier molecular flexibility index (Phi) is 5.53. The van der Waals surface area contributed by atoms with E-state index in [2.05, 4.69) is 4.98 Å². The van der Waals surface area contributed by atoms with Crippen LogP contribution in [0.15, 0.2) is 48.5 Å². The van der Waals surface area contributed by atoms with Crippen LogP contribution in [0.2, 0.25) is 0 Å². The van der Waals surface area contributed by atoms with E-state index >= 15 is 0 Å². The fraction of sp³-hybridized carbons (Fsp3) is 0.360. The van der Waals surface area contributed by atoms with Crippen molar-refractivity contribution < 1.29 is 27.9 Å². The SMILES string of the molecule is CC(OC(=O)CCN1C(=O)c2ccccc2N2C(=O)CCC12C)c1nc2ccccc2n1C(F)F. The maximum atomic E-state index is 13.7. The average Bonchev–Trinajstić information content (AvgIpc) is 3.37. The first-order valence-corrected chi connectivity index (χ1v) is 11.4. The van der Waals surface area contributed by atoms with Crippen molar-refractivity contribution in [2.75, 3.05) is 11.4 Å². The van der Waals surface area contributed by atoms with Crippen molar-refractivity contribution in [2.45, 2.75) is 51.4 Å². The Balaban J connectivity index is 1.34. The molecule has 1 aromatic heterocycles. The molecule has 2 atom stereocenters. The molecule has 0 aliphatic carbocycles. The summed E-state index contributed by atoms with van der Waals surface area (Å²) in [6.07, 6.45) is -0.456. The van der Waals surface area contributed by atoms with Crippen molar-refractivity contribution in [3.63, 3.8) is 0 Å². The molecule has 3 heterocycles. The second kappa shape index (κ2) is 8.44. The summed E-state index contributed by atoms with van der Waals surface area (Å²) in [5.41, 5.74) is 0.700. The third kappa shape index (κ3) is 3.64. The number of amides is 2. The largest absolute Gasteiger partial charge is 0.454 e. The van der Waals surface area contributed by atoms with E-state index in [4.69, 9.17) is 4.74 Å². The number of rotatable bonds is 6. The number of alkyl halides is 2. The molecule has 0 N–H and O–H groups in total. The van der Waals surface area contributed by atoms with Crippen LogP contribution in [0, 0.1) is 0 Å². The van der Waals surface area contributed by atoms with Gasteiger partial charge in [0.15, 0.2) is 11.9 Å². The van der Waals surface area contributed by atoms with E-state index in [1.807, 2.05) is 6.92 Å². The summed E-state index contributed by atoms with van der Waals surface area (Å²) in [6, 6.07) is 13.4. The maximum absolute atomic E-state index is 13.7. The first kappa shape index (κ1) is 22.9. The second-order valence-electron chi connectivity index (χ2n) is 8.91. The van der Waals surface area contributed by atoms with E-state index in [0.29, 0.717) is 29.6 Å². The molecule has 0 radical (unpaired) electrons. The molecule has 2 unspecified atom stereocenters. The first-order chi connectivity index (χ1) is 16.7. The number of carbonyl (C=O) groups excluding carboxylic acids is 3. The molecule has 10 heteroatoms. The van der Waals surface area contributed by atoms with Gasteiger partial charge in [-0.15, -0.1) is 0 Å². The summed E-state index contributed by atoms with van der Waals surface area (Å²) < 4.78 is 33.7. The number of esters is 1. The molecule has 0 saturated carbocycles. The third-order valence-corrected chi connectivity index (χ3v) is 6.78. The van der Waals surface area contributed by atoms with E-state index in [1.165, 1.54) is 17.9 Å². The van der Waals surface area contributed by atoms with E-state index in [-0.39, 0.29) is 36.1 Å². The predicted octanol–water partition coefficient (Wildman–Crippen LogP) is 4.42. The van der Waals surface area contributed by atoms with Gasteiger partial charge >= 0.3 is 12.5 Å². The zero-order valence-electron chi connectivity index (χ0n) is 19.3. The Labute approximate surface area is 200 Å². The molecule has 1 saturated heterocycles. The number of anilines is 1. The minimum atomic E-state index is -2.85. The van der Waals surface area contributed by atoms with Gasteiger partial charge in [-0.2, -0.15) is 8.78 Å². The Morgan fingerprint density at radius 3 is 2.63 bits per heavy atom. The van der Waals surface area contributed by atoms with Crippen LogP contribution in [0.3, 0.4) is 0 Å². The summed E-state index contributed by atoms with van der Waals surface area (Å²) in [5.74, 6) is -1.07. The lowest BCUT2D eigenvalue weighted by Crippen LogP contribution is -2.62. The molecule has 0 bridgehead atoms. The van der Waals surface area contributed by atoms with Crippen LogP contribution in [-0.4, -0.2) is 44.4 Å². The van der Waals surface area contributed by atoms with Crippen molar-refractivity contribution in [3.05, 3.63) is 59.9 Å². The molecule has 2 aliphatic rings. The van der Waals surface area contributed by atoms with Crippen LogP contribution in [-0.2, 0) is 14.3 Å². The second-order valence-corrected chi connectivity index (χ2v) is 8.91. The fourth-order valence-electron chi connectivity index (χ4n) is 5.11. The van der Waals surface area contributed by atoms with Gasteiger partial charge in [-0.3, -0.25) is 23.9 Å². The molecule has 35 heavy (non-hydrogen) atoms. The summed E-state index contributed by atoms with van der Waals surface area (Å²) >= 11 is 0. The number of ether oxygens (including phenoxy) is 1. The maximum Gasteiger partial charge on any atom is 0.320 e. The molecular formula is C25H24F2N4O4. The molecule has 2 aliphatic heterocycles. The van der Waals surface area contributed by atoms with Gasteiger partial charge in [0.1, 0.15) is 5.66 Å². The number of benzene rings is 2. The molecule has 182 valence electrons. The Hall–Kier alpha value is -3.82. The highest BCUT2D eigenvalue weighted by molar-refractivity contribution is 6.10. The van der Waals surface area contributed by atoms with Crippen LogP contribution in [0.4, 0.5) is 14.5 Å². The normalized spacial score (nSPS) is 20.4.